The fraction of sp³-hybridized carbons (Fsp3) is 0.500. The first-order chi connectivity index (χ1) is 14.0. The van der Waals surface area contributed by atoms with Crippen molar-refractivity contribution >= 4 is 34.5 Å². The van der Waals surface area contributed by atoms with Crippen molar-refractivity contribution < 1.29 is 14.3 Å². The molecular weight excluding hydrogens is 392 g/mol. The zero-order valence-electron chi connectivity index (χ0n) is 16.8. The van der Waals surface area contributed by atoms with Crippen molar-refractivity contribution in [1.82, 2.24) is 19.4 Å². The summed E-state index contributed by atoms with van der Waals surface area (Å²) in [4.78, 5) is 45.4. The molecule has 1 aliphatic heterocycles. The van der Waals surface area contributed by atoms with Crippen LogP contribution in [0.25, 0.3) is 10.9 Å². The first-order valence-corrected chi connectivity index (χ1v) is 10.7. The molecule has 3 rings (SSSR count). The lowest BCUT2D eigenvalue weighted by molar-refractivity contribution is -0.140. The molecule has 0 atom stereocenters. The highest BCUT2D eigenvalue weighted by molar-refractivity contribution is 7.99. The number of rotatable bonds is 7. The standard InChI is InChI=1S/C20H26N4O4S/c1-3-8-24-19(27)15-6-4-5-7-16(15)21-20(24)29-14-18(26)22(2)13-17(25)23-9-11-28-12-10-23/h4-7H,3,8-14H2,1-2H3. The number of nitrogens with zero attached hydrogens (tertiary/aromatic N) is 4. The molecule has 156 valence electrons. The van der Waals surface area contributed by atoms with E-state index in [-0.39, 0.29) is 29.7 Å². The maximum atomic E-state index is 12.8. The van der Waals surface area contributed by atoms with Crippen LogP contribution in [0, 0.1) is 0 Å². The molecule has 29 heavy (non-hydrogen) atoms. The number of para-hydroxylation sites is 1. The SMILES string of the molecule is CCCn1c(SCC(=O)N(C)CC(=O)N2CCOCC2)nc2ccccc2c1=O. The van der Waals surface area contributed by atoms with Gasteiger partial charge in [-0.3, -0.25) is 19.0 Å². The highest BCUT2D eigenvalue weighted by atomic mass is 32.2. The molecule has 1 saturated heterocycles. The summed E-state index contributed by atoms with van der Waals surface area (Å²) >= 11 is 1.23. The number of amides is 2. The first kappa shape index (κ1) is 21.3. The Kier molecular flexibility index (Phi) is 7.27. The summed E-state index contributed by atoms with van der Waals surface area (Å²) in [6.07, 6.45) is 0.787. The van der Waals surface area contributed by atoms with Crippen LogP contribution in [-0.4, -0.2) is 76.8 Å². The average molecular weight is 419 g/mol. The summed E-state index contributed by atoms with van der Waals surface area (Å²) < 4.78 is 6.87. The predicted molar refractivity (Wildman–Crippen MR) is 112 cm³/mol. The summed E-state index contributed by atoms with van der Waals surface area (Å²) in [5.41, 5.74) is 0.527. The van der Waals surface area contributed by atoms with Crippen LogP contribution >= 0.6 is 11.8 Å². The zero-order chi connectivity index (χ0) is 20.8. The maximum Gasteiger partial charge on any atom is 0.262 e. The van der Waals surface area contributed by atoms with Gasteiger partial charge in [0.25, 0.3) is 5.56 Å². The molecule has 1 aromatic carbocycles. The van der Waals surface area contributed by atoms with Crippen LogP contribution in [0.15, 0.2) is 34.2 Å². The number of aromatic nitrogens is 2. The van der Waals surface area contributed by atoms with Crippen LogP contribution in [0.2, 0.25) is 0 Å². The normalized spacial score (nSPS) is 14.2. The molecule has 1 aliphatic rings. The summed E-state index contributed by atoms with van der Waals surface area (Å²) in [6, 6.07) is 7.22. The number of carbonyl (C=O) groups is 2. The molecule has 2 amide bonds. The molecule has 0 saturated carbocycles. The second-order valence-corrected chi connectivity index (χ2v) is 7.84. The highest BCUT2D eigenvalue weighted by Gasteiger charge is 2.21. The van der Waals surface area contributed by atoms with E-state index in [0.717, 1.165) is 6.42 Å². The third kappa shape index (κ3) is 5.16. The van der Waals surface area contributed by atoms with E-state index in [4.69, 9.17) is 4.74 Å². The van der Waals surface area contributed by atoms with Crippen LogP contribution in [0.5, 0.6) is 0 Å². The monoisotopic (exact) mass is 418 g/mol. The van der Waals surface area contributed by atoms with Crippen LogP contribution in [-0.2, 0) is 20.9 Å². The molecule has 9 heteroatoms. The lowest BCUT2D eigenvalue weighted by Gasteiger charge is -2.28. The average Bonchev–Trinajstić information content (AvgIpc) is 2.74. The first-order valence-electron chi connectivity index (χ1n) is 9.73. The molecular formula is C20H26N4O4S. The predicted octanol–water partition coefficient (Wildman–Crippen LogP) is 1.22. The Bertz CT molecular complexity index is 940. The Morgan fingerprint density at radius 1 is 1.24 bits per heavy atom. The van der Waals surface area contributed by atoms with Crippen molar-refractivity contribution in [3.05, 3.63) is 34.6 Å². The summed E-state index contributed by atoms with van der Waals surface area (Å²) in [6.45, 7) is 4.74. The Hall–Kier alpha value is -2.39. The van der Waals surface area contributed by atoms with Gasteiger partial charge >= 0.3 is 0 Å². The van der Waals surface area contributed by atoms with Gasteiger partial charge in [-0.05, 0) is 18.6 Å². The van der Waals surface area contributed by atoms with E-state index in [9.17, 15) is 14.4 Å². The van der Waals surface area contributed by atoms with Crippen molar-refractivity contribution in [2.45, 2.75) is 25.0 Å². The molecule has 2 heterocycles. The van der Waals surface area contributed by atoms with Crippen LogP contribution in [0.4, 0.5) is 0 Å². The third-order valence-corrected chi connectivity index (χ3v) is 5.72. The Labute approximate surface area is 173 Å². The number of benzene rings is 1. The van der Waals surface area contributed by atoms with E-state index in [1.54, 1.807) is 28.6 Å². The summed E-state index contributed by atoms with van der Waals surface area (Å²) in [5.74, 6) is -0.149. The number of hydrogen-bond acceptors (Lipinski definition) is 6. The van der Waals surface area contributed by atoms with Gasteiger partial charge in [-0.15, -0.1) is 0 Å². The van der Waals surface area contributed by atoms with Crippen molar-refractivity contribution in [3.63, 3.8) is 0 Å². The molecule has 8 nitrogen and oxygen atoms in total. The molecule has 0 N–H and O–H groups in total. The summed E-state index contributed by atoms with van der Waals surface area (Å²) in [7, 11) is 1.62. The molecule has 0 spiro atoms. The lowest BCUT2D eigenvalue weighted by Crippen LogP contribution is -2.46. The highest BCUT2D eigenvalue weighted by Crippen LogP contribution is 2.18. The van der Waals surface area contributed by atoms with E-state index < -0.39 is 0 Å². The van der Waals surface area contributed by atoms with E-state index >= 15 is 0 Å². The van der Waals surface area contributed by atoms with Gasteiger partial charge in [0.05, 0.1) is 36.4 Å². The maximum absolute atomic E-state index is 12.8. The van der Waals surface area contributed by atoms with Gasteiger partial charge in [0, 0.05) is 26.7 Å². The molecule has 0 radical (unpaired) electrons. The van der Waals surface area contributed by atoms with Crippen molar-refractivity contribution in [3.8, 4) is 0 Å². The smallest absolute Gasteiger partial charge is 0.262 e. The van der Waals surface area contributed by atoms with Gasteiger partial charge in [0.2, 0.25) is 11.8 Å². The number of hydrogen-bond donors (Lipinski definition) is 0. The Balaban J connectivity index is 1.67. The van der Waals surface area contributed by atoms with Gasteiger partial charge in [-0.1, -0.05) is 30.8 Å². The molecule has 2 aromatic rings. The number of ether oxygens (including phenoxy) is 1. The molecule has 1 fully saturated rings. The Morgan fingerprint density at radius 2 is 1.97 bits per heavy atom. The fourth-order valence-corrected chi connectivity index (χ4v) is 4.08. The number of carbonyl (C=O) groups excluding carboxylic acids is 2. The van der Waals surface area contributed by atoms with Crippen LogP contribution in [0.1, 0.15) is 13.3 Å². The van der Waals surface area contributed by atoms with Gasteiger partial charge in [-0.25, -0.2) is 4.98 Å². The van der Waals surface area contributed by atoms with Crippen LogP contribution < -0.4 is 5.56 Å². The second-order valence-electron chi connectivity index (χ2n) is 6.90. The fourth-order valence-electron chi connectivity index (χ4n) is 3.12. The van der Waals surface area contributed by atoms with E-state index in [0.29, 0.717) is 48.9 Å². The van der Waals surface area contributed by atoms with Crippen molar-refractivity contribution in [2.75, 3.05) is 45.6 Å². The largest absolute Gasteiger partial charge is 0.378 e. The number of thioether (sulfide) groups is 1. The van der Waals surface area contributed by atoms with Crippen molar-refractivity contribution in [1.29, 1.82) is 0 Å². The number of morpholine rings is 1. The van der Waals surface area contributed by atoms with Gasteiger partial charge in [0.15, 0.2) is 5.16 Å². The number of fused-ring (bicyclic) bond motifs is 1. The van der Waals surface area contributed by atoms with Gasteiger partial charge in [-0.2, -0.15) is 0 Å². The van der Waals surface area contributed by atoms with E-state index in [2.05, 4.69) is 4.98 Å². The van der Waals surface area contributed by atoms with Crippen LogP contribution in [0.3, 0.4) is 0 Å². The molecule has 1 aromatic heterocycles. The zero-order valence-corrected chi connectivity index (χ0v) is 17.6. The van der Waals surface area contributed by atoms with Gasteiger partial charge < -0.3 is 14.5 Å². The quantitative estimate of drug-likeness (QED) is 0.497. The second kappa shape index (κ2) is 9.89. The van der Waals surface area contributed by atoms with Gasteiger partial charge in [0.1, 0.15) is 0 Å². The minimum absolute atomic E-state index is 0.0340. The third-order valence-electron chi connectivity index (χ3n) is 4.76. The minimum atomic E-state index is -0.179. The number of likely N-dealkylation sites (N-methyl/N-ethyl adjacent to an activating group) is 1. The van der Waals surface area contributed by atoms with E-state index in [1.165, 1.54) is 16.7 Å². The molecule has 0 bridgehead atoms. The Morgan fingerprint density at radius 3 is 2.69 bits per heavy atom. The summed E-state index contributed by atoms with van der Waals surface area (Å²) in [5, 5.41) is 1.10. The van der Waals surface area contributed by atoms with Crippen molar-refractivity contribution in [2.24, 2.45) is 0 Å². The lowest BCUT2D eigenvalue weighted by atomic mass is 10.2. The topological polar surface area (TPSA) is 84.7 Å². The molecule has 0 aliphatic carbocycles. The molecule has 0 unspecified atom stereocenters. The van der Waals surface area contributed by atoms with E-state index in [1.807, 2.05) is 19.1 Å². The minimum Gasteiger partial charge on any atom is -0.378 e.